The summed E-state index contributed by atoms with van der Waals surface area (Å²) < 4.78 is 5.18. The number of hydrogen-bond acceptors (Lipinski definition) is 2. The topological polar surface area (TPSA) is 42.1 Å². The van der Waals surface area contributed by atoms with Crippen LogP contribution in [-0.2, 0) is 0 Å². The third-order valence-corrected chi connectivity index (χ3v) is 3.25. The number of aromatic nitrogens is 1. The van der Waals surface area contributed by atoms with Gasteiger partial charge >= 0.3 is 0 Å². The molecule has 0 unspecified atom stereocenters. The summed E-state index contributed by atoms with van der Waals surface area (Å²) in [6, 6.07) is 11.2. The average molecular weight is 239 g/mol. The first kappa shape index (κ1) is 10.8. The maximum Gasteiger partial charge on any atom is 0.197 e. The monoisotopic (exact) mass is 239 g/mol. The van der Waals surface area contributed by atoms with Crippen LogP contribution in [-0.4, -0.2) is 12.1 Å². The Labute approximate surface area is 104 Å². The number of H-pyrrole nitrogens is 1. The molecule has 0 amide bonds. The average Bonchev–Trinajstić information content (AvgIpc) is 2.40. The quantitative estimate of drug-likeness (QED) is 0.663. The van der Waals surface area contributed by atoms with Crippen LogP contribution in [0.4, 0.5) is 0 Å². The predicted octanol–water partition coefficient (Wildman–Crippen LogP) is 3.00. The Morgan fingerprint density at radius 3 is 2.72 bits per heavy atom. The van der Waals surface area contributed by atoms with Crippen molar-refractivity contribution in [3.05, 3.63) is 52.2 Å². The van der Waals surface area contributed by atoms with Crippen LogP contribution in [0, 0.1) is 6.92 Å². The van der Waals surface area contributed by atoms with Crippen molar-refractivity contribution in [2.75, 3.05) is 7.11 Å². The third-order valence-electron chi connectivity index (χ3n) is 3.25. The zero-order valence-corrected chi connectivity index (χ0v) is 10.3. The number of nitrogens with one attached hydrogen (secondary N) is 1. The van der Waals surface area contributed by atoms with E-state index < -0.39 is 0 Å². The summed E-state index contributed by atoms with van der Waals surface area (Å²) in [5.74, 6) is 0.742. The van der Waals surface area contributed by atoms with Gasteiger partial charge in [-0.25, -0.2) is 0 Å². The largest absolute Gasteiger partial charge is 0.497 e. The molecule has 1 aromatic heterocycles. The van der Waals surface area contributed by atoms with E-state index in [4.69, 9.17) is 4.74 Å². The Morgan fingerprint density at radius 2 is 1.94 bits per heavy atom. The molecule has 0 atom stereocenters. The van der Waals surface area contributed by atoms with Gasteiger partial charge < -0.3 is 9.72 Å². The first-order chi connectivity index (χ1) is 8.70. The second-order valence-electron chi connectivity index (χ2n) is 4.36. The number of ether oxygens (including phenoxy) is 1. The number of rotatable bonds is 1. The first-order valence-electron chi connectivity index (χ1n) is 5.80. The van der Waals surface area contributed by atoms with Gasteiger partial charge in [0.05, 0.1) is 18.1 Å². The zero-order chi connectivity index (χ0) is 12.7. The van der Waals surface area contributed by atoms with Crippen LogP contribution in [0.5, 0.6) is 5.75 Å². The smallest absolute Gasteiger partial charge is 0.197 e. The predicted molar refractivity (Wildman–Crippen MR) is 73.4 cm³/mol. The number of methoxy groups -OCH3 is 1. The summed E-state index contributed by atoms with van der Waals surface area (Å²) in [5.41, 5.74) is 2.82. The lowest BCUT2D eigenvalue weighted by Crippen LogP contribution is -2.04. The molecule has 0 saturated heterocycles. The minimum atomic E-state index is 0.0603. The zero-order valence-electron chi connectivity index (χ0n) is 10.3. The van der Waals surface area contributed by atoms with E-state index in [-0.39, 0.29) is 5.43 Å². The highest BCUT2D eigenvalue weighted by Gasteiger charge is 2.07. The normalized spacial score (nSPS) is 11.0. The van der Waals surface area contributed by atoms with Gasteiger partial charge in [0, 0.05) is 16.8 Å². The molecular weight excluding hydrogens is 226 g/mol. The highest BCUT2D eigenvalue weighted by atomic mass is 16.5. The molecule has 2 aromatic carbocycles. The molecule has 3 rings (SSSR count). The number of aryl methyl sites for hydroxylation is 1. The van der Waals surface area contributed by atoms with Crippen LogP contribution in [0.25, 0.3) is 21.8 Å². The van der Waals surface area contributed by atoms with Gasteiger partial charge in [-0.05, 0) is 30.7 Å². The molecule has 0 aliphatic heterocycles. The van der Waals surface area contributed by atoms with Gasteiger partial charge in [-0.2, -0.15) is 0 Å². The van der Waals surface area contributed by atoms with Crippen LogP contribution in [0.1, 0.15) is 5.56 Å². The van der Waals surface area contributed by atoms with E-state index in [1.165, 1.54) is 0 Å². The lowest BCUT2D eigenvalue weighted by Gasteiger charge is -2.06. The van der Waals surface area contributed by atoms with Gasteiger partial charge in [-0.3, -0.25) is 4.79 Å². The number of benzene rings is 2. The summed E-state index contributed by atoms with van der Waals surface area (Å²) in [6.45, 7) is 1.99. The fraction of sp³-hybridized carbons (Fsp3) is 0.133. The second-order valence-corrected chi connectivity index (χ2v) is 4.36. The lowest BCUT2D eigenvalue weighted by molar-refractivity contribution is 0.415. The Kier molecular flexibility index (Phi) is 2.33. The molecule has 0 bridgehead atoms. The fourth-order valence-corrected chi connectivity index (χ4v) is 2.25. The SMILES string of the molecule is COc1ccc2c(=O)c3cccc(C)c3[nH]c2c1. The van der Waals surface area contributed by atoms with E-state index in [1.54, 1.807) is 19.2 Å². The van der Waals surface area contributed by atoms with Crippen molar-refractivity contribution in [2.45, 2.75) is 6.92 Å². The van der Waals surface area contributed by atoms with Gasteiger partial charge in [0.25, 0.3) is 0 Å². The number of pyridine rings is 1. The summed E-state index contributed by atoms with van der Waals surface area (Å²) in [4.78, 5) is 15.7. The van der Waals surface area contributed by atoms with Crippen LogP contribution in [0.2, 0.25) is 0 Å². The van der Waals surface area contributed by atoms with Crippen LogP contribution in [0.3, 0.4) is 0 Å². The molecule has 1 N–H and O–H groups in total. The lowest BCUT2D eigenvalue weighted by atomic mass is 10.1. The molecule has 0 aliphatic rings. The van der Waals surface area contributed by atoms with Crippen molar-refractivity contribution in [1.29, 1.82) is 0 Å². The van der Waals surface area contributed by atoms with E-state index in [2.05, 4.69) is 4.98 Å². The van der Waals surface area contributed by atoms with Crippen molar-refractivity contribution < 1.29 is 4.74 Å². The van der Waals surface area contributed by atoms with Crippen LogP contribution >= 0.6 is 0 Å². The minimum absolute atomic E-state index is 0.0603. The molecule has 0 fully saturated rings. The number of fused-ring (bicyclic) bond motifs is 2. The van der Waals surface area contributed by atoms with E-state index >= 15 is 0 Å². The van der Waals surface area contributed by atoms with Crippen molar-refractivity contribution >= 4 is 21.8 Å². The standard InChI is InChI=1S/C15H13NO2/c1-9-4-3-5-12-14(9)16-13-8-10(18-2)6-7-11(13)15(12)17/h3-8H,1-2H3,(H,16,17). The Balaban J connectivity index is 2.53. The van der Waals surface area contributed by atoms with Gasteiger partial charge in [0.15, 0.2) is 5.43 Å². The third kappa shape index (κ3) is 1.48. The molecule has 18 heavy (non-hydrogen) atoms. The van der Waals surface area contributed by atoms with Crippen LogP contribution in [0.15, 0.2) is 41.2 Å². The molecule has 3 heteroatoms. The summed E-state index contributed by atoms with van der Waals surface area (Å²) in [6.07, 6.45) is 0. The van der Waals surface area contributed by atoms with E-state index in [0.29, 0.717) is 5.39 Å². The van der Waals surface area contributed by atoms with Crippen molar-refractivity contribution in [1.82, 2.24) is 4.98 Å². The summed E-state index contributed by atoms with van der Waals surface area (Å²) in [7, 11) is 1.62. The first-order valence-corrected chi connectivity index (χ1v) is 5.80. The minimum Gasteiger partial charge on any atom is -0.497 e. The van der Waals surface area contributed by atoms with Crippen LogP contribution < -0.4 is 10.2 Å². The molecule has 0 radical (unpaired) electrons. The van der Waals surface area contributed by atoms with Crippen molar-refractivity contribution in [2.24, 2.45) is 0 Å². The number of aromatic amines is 1. The molecule has 3 aromatic rings. The van der Waals surface area contributed by atoms with Gasteiger partial charge in [0.2, 0.25) is 0 Å². The highest BCUT2D eigenvalue weighted by molar-refractivity contribution is 5.94. The molecule has 90 valence electrons. The van der Waals surface area contributed by atoms with Crippen molar-refractivity contribution in [3.63, 3.8) is 0 Å². The summed E-state index contributed by atoms with van der Waals surface area (Å²) >= 11 is 0. The maximum absolute atomic E-state index is 12.4. The van der Waals surface area contributed by atoms with Gasteiger partial charge in [-0.15, -0.1) is 0 Å². The van der Waals surface area contributed by atoms with E-state index in [9.17, 15) is 4.79 Å². The van der Waals surface area contributed by atoms with Crippen molar-refractivity contribution in [3.8, 4) is 5.75 Å². The van der Waals surface area contributed by atoms with Gasteiger partial charge in [0.1, 0.15) is 5.75 Å². The van der Waals surface area contributed by atoms with E-state index in [1.807, 2.05) is 31.2 Å². The Morgan fingerprint density at radius 1 is 1.11 bits per heavy atom. The maximum atomic E-state index is 12.4. The molecule has 1 heterocycles. The summed E-state index contributed by atoms with van der Waals surface area (Å²) in [5, 5.41) is 1.42. The molecule has 0 saturated carbocycles. The van der Waals surface area contributed by atoms with Gasteiger partial charge in [-0.1, -0.05) is 12.1 Å². The Hall–Kier alpha value is -2.29. The Bertz CT molecular complexity index is 803. The molecule has 3 nitrogen and oxygen atoms in total. The fourth-order valence-electron chi connectivity index (χ4n) is 2.25. The van der Waals surface area contributed by atoms with E-state index in [0.717, 1.165) is 27.7 Å². The number of para-hydroxylation sites is 1. The highest BCUT2D eigenvalue weighted by Crippen LogP contribution is 2.21. The number of hydrogen-bond donors (Lipinski definition) is 1. The molecular formula is C15H13NO2. The second kappa shape index (κ2) is 3.88. The molecule has 0 aliphatic carbocycles. The molecule has 0 spiro atoms.